The molecule has 2 rings (SSSR count). The molecule has 0 aliphatic heterocycles. The minimum absolute atomic E-state index is 0.0909. The van der Waals surface area contributed by atoms with Gasteiger partial charge in [-0.25, -0.2) is 0 Å². The number of hydrogen-bond acceptors (Lipinski definition) is 4. The molecule has 20 heavy (non-hydrogen) atoms. The topological polar surface area (TPSA) is 76.4 Å². The number of nitrogens with one attached hydrogen (secondary N) is 1. The van der Waals surface area contributed by atoms with Crippen LogP contribution in [0, 0.1) is 0 Å². The Morgan fingerprint density at radius 3 is 3.00 bits per heavy atom. The molecule has 0 radical (unpaired) electrons. The van der Waals surface area contributed by atoms with Gasteiger partial charge in [-0.05, 0) is 12.8 Å². The van der Waals surface area contributed by atoms with Crippen LogP contribution < -0.4 is 5.32 Å². The number of halogens is 1. The van der Waals surface area contributed by atoms with Crippen molar-refractivity contribution in [2.75, 3.05) is 7.11 Å². The molecule has 112 valence electrons. The van der Waals surface area contributed by atoms with E-state index >= 15 is 0 Å². The van der Waals surface area contributed by atoms with Crippen LogP contribution in [0.15, 0.2) is 12.4 Å². The predicted octanol–water partition coefficient (Wildman–Crippen LogP) is 0.971. The Labute approximate surface area is 123 Å². The van der Waals surface area contributed by atoms with Crippen LogP contribution in [0.1, 0.15) is 25.7 Å². The first-order valence-electron chi connectivity index (χ1n) is 6.78. The second-order valence-corrected chi connectivity index (χ2v) is 5.52. The molecular weight excluding hydrogens is 282 g/mol. The normalized spacial score (nSPS) is 27.1. The molecule has 1 aliphatic carbocycles. The summed E-state index contributed by atoms with van der Waals surface area (Å²) >= 11 is 5.75. The summed E-state index contributed by atoms with van der Waals surface area (Å²) in [5.74, 6) is -0.189. The molecule has 1 aromatic rings. The zero-order chi connectivity index (χ0) is 14.5. The van der Waals surface area contributed by atoms with E-state index < -0.39 is 6.10 Å². The molecule has 6 nitrogen and oxygen atoms in total. The monoisotopic (exact) mass is 301 g/mol. The third kappa shape index (κ3) is 3.94. The lowest BCUT2D eigenvalue weighted by Gasteiger charge is -2.27. The number of carbonyl (C=O) groups is 1. The first kappa shape index (κ1) is 15.3. The molecule has 1 aliphatic rings. The van der Waals surface area contributed by atoms with E-state index in [0.29, 0.717) is 5.02 Å². The molecule has 1 aromatic heterocycles. The van der Waals surface area contributed by atoms with E-state index in [4.69, 9.17) is 16.3 Å². The Kier molecular flexibility index (Phi) is 5.39. The van der Waals surface area contributed by atoms with Gasteiger partial charge in [-0.1, -0.05) is 24.4 Å². The Bertz CT molecular complexity index is 452. The maximum Gasteiger partial charge on any atom is 0.242 e. The Balaban J connectivity index is 1.91. The first-order valence-corrected chi connectivity index (χ1v) is 7.16. The lowest BCUT2D eigenvalue weighted by atomic mass is 10.0. The van der Waals surface area contributed by atoms with E-state index in [-0.39, 0.29) is 24.6 Å². The van der Waals surface area contributed by atoms with Crippen LogP contribution in [0.5, 0.6) is 0 Å². The highest BCUT2D eigenvalue weighted by atomic mass is 35.5. The van der Waals surface area contributed by atoms with Crippen molar-refractivity contribution in [3.8, 4) is 0 Å². The largest absolute Gasteiger partial charge is 0.388 e. The average molecular weight is 302 g/mol. The maximum atomic E-state index is 12.0. The second-order valence-electron chi connectivity index (χ2n) is 5.08. The van der Waals surface area contributed by atoms with Gasteiger partial charge < -0.3 is 15.2 Å². The van der Waals surface area contributed by atoms with Crippen LogP contribution in [0.3, 0.4) is 0 Å². The number of methoxy groups -OCH3 is 1. The molecule has 2 N–H and O–H groups in total. The first-order chi connectivity index (χ1) is 9.60. The van der Waals surface area contributed by atoms with Crippen molar-refractivity contribution in [2.45, 2.75) is 50.5 Å². The van der Waals surface area contributed by atoms with Gasteiger partial charge >= 0.3 is 0 Å². The third-order valence-electron chi connectivity index (χ3n) is 3.60. The van der Waals surface area contributed by atoms with Gasteiger partial charge in [-0.15, -0.1) is 0 Å². The van der Waals surface area contributed by atoms with Crippen molar-refractivity contribution in [3.05, 3.63) is 17.4 Å². The highest BCUT2D eigenvalue weighted by Gasteiger charge is 2.31. The van der Waals surface area contributed by atoms with Gasteiger partial charge in [0, 0.05) is 13.3 Å². The highest BCUT2D eigenvalue weighted by molar-refractivity contribution is 6.30. The number of aliphatic hydroxyl groups excluding tert-OH is 1. The fourth-order valence-corrected chi connectivity index (χ4v) is 2.71. The van der Waals surface area contributed by atoms with E-state index in [2.05, 4.69) is 10.4 Å². The van der Waals surface area contributed by atoms with E-state index in [9.17, 15) is 9.90 Å². The molecule has 3 atom stereocenters. The van der Waals surface area contributed by atoms with Gasteiger partial charge in [0.05, 0.1) is 23.4 Å². The molecule has 0 aromatic carbocycles. The van der Waals surface area contributed by atoms with Gasteiger partial charge in [-0.3, -0.25) is 9.48 Å². The molecular formula is C13H20ClN3O3. The lowest BCUT2D eigenvalue weighted by molar-refractivity contribution is -0.124. The number of carbonyl (C=O) groups excluding carboxylic acids is 1. The van der Waals surface area contributed by atoms with Crippen molar-refractivity contribution >= 4 is 17.5 Å². The van der Waals surface area contributed by atoms with Crippen LogP contribution in [0.25, 0.3) is 0 Å². The summed E-state index contributed by atoms with van der Waals surface area (Å²) in [6, 6.07) is -0.277. The van der Waals surface area contributed by atoms with Crippen molar-refractivity contribution in [1.29, 1.82) is 0 Å². The lowest BCUT2D eigenvalue weighted by Crippen LogP contribution is -2.48. The minimum atomic E-state index is -0.673. The van der Waals surface area contributed by atoms with E-state index in [1.54, 1.807) is 13.3 Å². The van der Waals surface area contributed by atoms with Crippen molar-refractivity contribution in [3.63, 3.8) is 0 Å². The van der Waals surface area contributed by atoms with Gasteiger partial charge in [0.25, 0.3) is 0 Å². The van der Waals surface area contributed by atoms with Crippen LogP contribution in [0.4, 0.5) is 0 Å². The molecule has 1 heterocycles. The molecule has 0 saturated heterocycles. The van der Waals surface area contributed by atoms with Crippen LogP contribution in [-0.2, 0) is 16.1 Å². The van der Waals surface area contributed by atoms with Crippen molar-refractivity contribution in [2.24, 2.45) is 0 Å². The molecule has 0 bridgehead atoms. The number of hydrogen-bond donors (Lipinski definition) is 2. The summed E-state index contributed by atoms with van der Waals surface area (Å²) in [5.41, 5.74) is 0. The quantitative estimate of drug-likeness (QED) is 0.813. The predicted molar refractivity (Wildman–Crippen MR) is 74.4 cm³/mol. The number of nitrogens with zero attached hydrogens (tertiary/aromatic N) is 2. The zero-order valence-electron chi connectivity index (χ0n) is 11.5. The highest BCUT2D eigenvalue weighted by Crippen LogP contribution is 2.20. The summed E-state index contributed by atoms with van der Waals surface area (Å²) < 4.78 is 6.75. The number of aromatic nitrogens is 2. The van der Waals surface area contributed by atoms with Crippen LogP contribution in [0.2, 0.25) is 5.02 Å². The Morgan fingerprint density at radius 2 is 2.35 bits per heavy atom. The molecule has 0 spiro atoms. The minimum Gasteiger partial charge on any atom is -0.388 e. The van der Waals surface area contributed by atoms with E-state index in [1.807, 2.05) is 0 Å². The molecule has 7 heteroatoms. The smallest absolute Gasteiger partial charge is 0.242 e. The van der Waals surface area contributed by atoms with Crippen LogP contribution >= 0.6 is 11.6 Å². The third-order valence-corrected chi connectivity index (χ3v) is 3.80. The molecule has 1 fully saturated rings. The second kappa shape index (κ2) is 7.06. The number of rotatable bonds is 4. The maximum absolute atomic E-state index is 12.0. The average Bonchev–Trinajstić information content (AvgIpc) is 2.73. The Hall–Kier alpha value is -1.11. The standard InChI is InChI=1S/C13H20ClN3O3/c1-20-11-5-3-2-4-10(13(11)19)16-12(18)8-17-7-9(14)6-15-17/h6-7,10-11,13,19H,2-5,8H2,1H3,(H,16,18)/t10-,11-,13-/m1/s1. The molecule has 1 saturated carbocycles. The van der Waals surface area contributed by atoms with Crippen molar-refractivity contribution < 1.29 is 14.6 Å². The summed E-state index contributed by atoms with van der Waals surface area (Å²) in [6.45, 7) is 0.0909. The number of amides is 1. The van der Waals surface area contributed by atoms with E-state index in [0.717, 1.165) is 25.7 Å². The summed E-state index contributed by atoms with van der Waals surface area (Å²) in [4.78, 5) is 12.0. The molecule has 1 amide bonds. The van der Waals surface area contributed by atoms with E-state index in [1.165, 1.54) is 10.9 Å². The van der Waals surface area contributed by atoms with Gasteiger partial charge in [0.1, 0.15) is 12.6 Å². The van der Waals surface area contributed by atoms with Gasteiger partial charge in [-0.2, -0.15) is 5.10 Å². The fourth-order valence-electron chi connectivity index (χ4n) is 2.55. The number of ether oxygens (including phenoxy) is 1. The summed E-state index contributed by atoms with van der Waals surface area (Å²) in [6.07, 6.45) is 5.71. The van der Waals surface area contributed by atoms with Crippen LogP contribution in [-0.4, -0.2) is 46.2 Å². The summed E-state index contributed by atoms with van der Waals surface area (Å²) in [5, 5.41) is 17.5. The fraction of sp³-hybridized carbons (Fsp3) is 0.692. The van der Waals surface area contributed by atoms with Gasteiger partial charge in [0.15, 0.2) is 0 Å². The van der Waals surface area contributed by atoms with Crippen molar-refractivity contribution in [1.82, 2.24) is 15.1 Å². The zero-order valence-corrected chi connectivity index (χ0v) is 12.2. The molecule has 0 unspecified atom stereocenters. The number of aliphatic hydroxyl groups is 1. The summed E-state index contributed by atoms with van der Waals surface area (Å²) in [7, 11) is 1.59. The SMILES string of the molecule is CO[C@@H]1CCCC[C@@H](NC(=O)Cn2cc(Cl)cn2)[C@H]1O. The van der Waals surface area contributed by atoms with Gasteiger partial charge in [0.2, 0.25) is 5.91 Å². The Morgan fingerprint density at radius 1 is 1.60 bits per heavy atom.